The maximum Gasteiger partial charge on any atom is 0.132 e. The maximum absolute atomic E-state index is 5.88. The number of nitrogen functional groups attached to an aromatic ring is 1. The molecular formula is C13H23N3. The van der Waals surface area contributed by atoms with Crippen LogP contribution in [0.25, 0.3) is 0 Å². The van der Waals surface area contributed by atoms with Gasteiger partial charge in [-0.05, 0) is 19.1 Å². The molecule has 90 valence electrons. The first-order chi connectivity index (χ1) is 7.66. The SMILES string of the molecule is CC.CCN=C(c1ccccc1N)N(C)C. The number of aliphatic imine (C=N–C) groups is 1. The zero-order valence-corrected chi connectivity index (χ0v) is 11.0. The zero-order chi connectivity index (χ0) is 12.6. The van der Waals surface area contributed by atoms with E-state index in [1.807, 2.05) is 64.0 Å². The molecule has 0 radical (unpaired) electrons. The lowest BCUT2D eigenvalue weighted by molar-refractivity contribution is 0.620. The van der Waals surface area contributed by atoms with Gasteiger partial charge in [0.2, 0.25) is 0 Å². The topological polar surface area (TPSA) is 41.6 Å². The highest BCUT2D eigenvalue weighted by Crippen LogP contribution is 2.12. The second-order valence-corrected chi connectivity index (χ2v) is 3.28. The lowest BCUT2D eigenvalue weighted by Gasteiger charge is -2.17. The van der Waals surface area contributed by atoms with Gasteiger partial charge in [0.05, 0.1) is 0 Å². The molecule has 0 unspecified atom stereocenters. The number of nitrogens with zero attached hydrogens (tertiary/aromatic N) is 2. The van der Waals surface area contributed by atoms with Gasteiger partial charge in [0.25, 0.3) is 0 Å². The molecule has 0 bridgehead atoms. The fraction of sp³-hybridized carbons (Fsp3) is 0.462. The first-order valence-corrected chi connectivity index (χ1v) is 5.73. The van der Waals surface area contributed by atoms with E-state index in [1.54, 1.807) is 0 Å². The Morgan fingerprint density at radius 3 is 2.25 bits per heavy atom. The van der Waals surface area contributed by atoms with Crippen LogP contribution in [-0.2, 0) is 0 Å². The van der Waals surface area contributed by atoms with E-state index in [0.29, 0.717) is 0 Å². The molecule has 0 saturated carbocycles. The molecule has 0 aliphatic carbocycles. The van der Waals surface area contributed by atoms with Crippen molar-refractivity contribution >= 4 is 11.5 Å². The third kappa shape index (κ3) is 3.93. The third-order valence-corrected chi connectivity index (χ3v) is 1.93. The lowest BCUT2D eigenvalue weighted by atomic mass is 10.1. The second kappa shape index (κ2) is 7.74. The summed E-state index contributed by atoms with van der Waals surface area (Å²) in [4.78, 5) is 6.40. The van der Waals surface area contributed by atoms with Crippen LogP contribution >= 0.6 is 0 Å². The molecule has 0 heterocycles. The molecule has 1 aromatic carbocycles. The Hall–Kier alpha value is -1.51. The predicted molar refractivity (Wildman–Crippen MR) is 73.0 cm³/mol. The van der Waals surface area contributed by atoms with E-state index < -0.39 is 0 Å². The van der Waals surface area contributed by atoms with E-state index in [4.69, 9.17) is 5.73 Å². The predicted octanol–water partition coefficient (Wildman–Crippen LogP) is 2.62. The Kier molecular flexibility index (Phi) is 7.01. The van der Waals surface area contributed by atoms with Crippen molar-refractivity contribution in [3.8, 4) is 0 Å². The number of nitrogens with two attached hydrogens (primary N) is 1. The van der Waals surface area contributed by atoms with Crippen LogP contribution in [0.15, 0.2) is 29.3 Å². The average Bonchev–Trinajstić information content (AvgIpc) is 2.29. The number of anilines is 1. The third-order valence-electron chi connectivity index (χ3n) is 1.93. The van der Waals surface area contributed by atoms with Gasteiger partial charge in [-0.3, -0.25) is 4.99 Å². The first-order valence-electron chi connectivity index (χ1n) is 5.73. The highest BCUT2D eigenvalue weighted by atomic mass is 15.1. The minimum absolute atomic E-state index is 0.766. The molecule has 0 aliphatic rings. The number of rotatable bonds is 2. The average molecular weight is 221 g/mol. The molecule has 16 heavy (non-hydrogen) atoms. The van der Waals surface area contributed by atoms with Crippen molar-refractivity contribution in [2.75, 3.05) is 26.4 Å². The number of benzene rings is 1. The minimum Gasteiger partial charge on any atom is -0.398 e. The smallest absolute Gasteiger partial charge is 0.132 e. The first kappa shape index (κ1) is 14.5. The van der Waals surface area contributed by atoms with Gasteiger partial charge in [0, 0.05) is 31.9 Å². The van der Waals surface area contributed by atoms with Crippen LogP contribution in [-0.4, -0.2) is 31.4 Å². The van der Waals surface area contributed by atoms with Gasteiger partial charge in [0.1, 0.15) is 5.84 Å². The van der Waals surface area contributed by atoms with Gasteiger partial charge in [-0.2, -0.15) is 0 Å². The van der Waals surface area contributed by atoms with E-state index in [9.17, 15) is 0 Å². The molecule has 0 spiro atoms. The van der Waals surface area contributed by atoms with E-state index in [-0.39, 0.29) is 0 Å². The van der Waals surface area contributed by atoms with E-state index >= 15 is 0 Å². The molecule has 0 aromatic heterocycles. The van der Waals surface area contributed by atoms with Crippen LogP contribution < -0.4 is 5.73 Å². The van der Waals surface area contributed by atoms with Crippen LogP contribution in [0.4, 0.5) is 5.69 Å². The summed E-state index contributed by atoms with van der Waals surface area (Å²) < 4.78 is 0. The summed E-state index contributed by atoms with van der Waals surface area (Å²) in [6.45, 7) is 6.78. The van der Waals surface area contributed by atoms with Gasteiger partial charge in [0.15, 0.2) is 0 Å². The van der Waals surface area contributed by atoms with Gasteiger partial charge < -0.3 is 10.6 Å². The highest BCUT2D eigenvalue weighted by Gasteiger charge is 2.07. The monoisotopic (exact) mass is 221 g/mol. The van der Waals surface area contributed by atoms with Crippen molar-refractivity contribution in [2.45, 2.75) is 20.8 Å². The molecule has 0 saturated heterocycles. The summed E-state index contributed by atoms with van der Waals surface area (Å²) >= 11 is 0. The minimum atomic E-state index is 0.766. The van der Waals surface area contributed by atoms with Gasteiger partial charge >= 0.3 is 0 Å². The number of hydrogen-bond donors (Lipinski definition) is 1. The van der Waals surface area contributed by atoms with Crippen molar-refractivity contribution in [3.63, 3.8) is 0 Å². The normalized spacial score (nSPS) is 10.4. The Morgan fingerprint density at radius 2 is 1.81 bits per heavy atom. The molecular weight excluding hydrogens is 198 g/mol. The molecule has 3 heteroatoms. The lowest BCUT2D eigenvalue weighted by Crippen LogP contribution is -2.24. The molecule has 1 rings (SSSR count). The number of amidine groups is 1. The van der Waals surface area contributed by atoms with Crippen LogP contribution in [0.3, 0.4) is 0 Å². The van der Waals surface area contributed by atoms with Crippen molar-refractivity contribution < 1.29 is 0 Å². The Morgan fingerprint density at radius 1 is 1.25 bits per heavy atom. The van der Waals surface area contributed by atoms with Gasteiger partial charge in [-0.15, -0.1) is 0 Å². The van der Waals surface area contributed by atoms with Crippen molar-refractivity contribution in [3.05, 3.63) is 29.8 Å². The zero-order valence-electron chi connectivity index (χ0n) is 11.0. The summed E-state index contributed by atoms with van der Waals surface area (Å²) in [7, 11) is 3.95. The largest absolute Gasteiger partial charge is 0.398 e. The molecule has 1 aromatic rings. The Bertz CT molecular complexity index is 330. The summed E-state index contributed by atoms with van der Waals surface area (Å²) in [6.07, 6.45) is 0. The van der Waals surface area contributed by atoms with Crippen LogP contribution in [0.5, 0.6) is 0 Å². The van der Waals surface area contributed by atoms with Crippen molar-refractivity contribution in [1.29, 1.82) is 0 Å². The van der Waals surface area contributed by atoms with Crippen LogP contribution in [0.2, 0.25) is 0 Å². The van der Waals surface area contributed by atoms with E-state index in [0.717, 1.165) is 23.6 Å². The quantitative estimate of drug-likeness (QED) is 0.474. The summed E-state index contributed by atoms with van der Waals surface area (Å²) in [6, 6.07) is 7.78. The van der Waals surface area contributed by atoms with Crippen molar-refractivity contribution in [2.24, 2.45) is 4.99 Å². The molecule has 0 aliphatic heterocycles. The number of hydrogen-bond acceptors (Lipinski definition) is 2. The second-order valence-electron chi connectivity index (χ2n) is 3.28. The summed E-state index contributed by atoms with van der Waals surface area (Å²) in [5.74, 6) is 0.936. The molecule has 2 N–H and O–H groups in total. The van der Waals surface area contributed by atoms with Crippen LogP contribution in [0, 0.1) is 0 Å². The van der Waals surface area contributed by atoms with Gasteiger partial charge in [-0.25, -0.2) is 0 Å². The standard InChI is InChI=1S/C11H17N3.C2H6/c1-4-13-11(14(2)3)9-7-5-6-8-10(9)12;1-2/h5-8H,4,12H2,1-3H3;1-2H3. The fourth-order valence-corrected chi connectivity index (χ4v) is 1.32. The van der Waals surface area contributed by atoms with Crippen molar-refractivity contribution in [1.82, 2.24) is 4.90 Å². The summed E-state index contributed by atoms with van der Waals surface area (Å²) in [5.41, 5.74) is 7.65. The van der Waals surface area contributed by atoms with Crippen LogP contribution in [0.1, 0.15) is 26.3 Å². The molecule has 0 amide bonds. The molecule has 3 nitrogen and oxygen atoms in total. The maximum atomic E-state index is 5.88. The Balaban J connectivity index is 0.00000106. The Labute approximate surface area is 99.0 Å². The molecule has 0 fully saturated rings. The fourth-order valence-electron chi connectivity index (χ4n) is 1.32. The molecule has 0 atom stereocenters. The number of para-hydroxylation sites is 1. The van der Waals surface area contributed by atoms with Gasteiger partial charge in [-0.1, -0.05) is 26.0 Å². The summed E-state index contributed by atoms with van der Waals surface area (Å²) in [5, 5.41) is 0. The highest BCUT2D eigenvalue weighted by molar-refractivity contribution is 6.02. The van der Waals surface area contributed by atoms with E-state index in [2.05, 4.69) is 4.99 Å². The van der Waals surface area contributed by atoms with E-state index in [1.165, 1.54) is 0 Å².